The molecule has 0 saturated carbocycles. The van der Waals surface area contributed by atoms with Crippen molar-refractivity contribution in [3.8, 4) is 11.4 Å². The number of nitrogens with one attached hydrogen (secondary N) is 1. The molecule has 0 radical (unpaired) electrons. The van der Waals surface area contributed by atoms with E-state index in [0.29, 0.717) is 0 Å². The maximum Gasteiger partial charge on any atom is 0.352 e. The molecule has 9 heteroatoms. The standard InChI is InChI=1S/C21H16FN5O3/c22-16-5-1-2-6-17(16)24-18(28)13-26-11-3-4-15-19(26)25-21(30)27(20(15)29)12-14-7-9-23-10-8-14/h1-11H,12-13H2,(H,24,28). The van der Waals surface area contributed by atoms with Gasteiger partial charge < -0.3 is 9.88 Å². The zero-order chi connectivity index (χ0) is 21.1. The normalized spacial score (nSPS) is 10.8. The lowest BCUT2D eigenvalue weighted by atomic mass is 10.2. The molecule has 2 aromatic rings. The predicted molar refractivity (Wildman–Crippen MR) is 108 cm³/mol. The van der Waals surface area contributed by atoms with Crippen molar-refractivity contribution < 1.29 is 9.18 Å². The van der Waals surface area contributed by atoms with Crippen molar-refractivity contribution in [2.45, 2.75) is 13.1 Å². The summed E-state index contributed by atoms with van der Waals surface area (Å²) in [6, 6.07) is 12.3. The summed E-state index contributed by atoms with van der Waals surface area (Å²) >= 11 is 0. The van der Waals surface area contributed by atoms with Gasteiger partial charge in [0.25, 0.3) is 5.56 Å². The van der Waals surface area contributed by atoms with Gasteiger partial charge in [0.1, 0.15) is 12.4 Å². The van der Waals surface area contributed by atoms with Gasteiger partial charge in [-0.15, -0.1) is 0 Å². The van der Waals surface area contributed by atoms with E-state index in [4.69, 9.17) is 0 Å². The lowest BCUT2D eigenvalue weighted by molar-refractivity contribution is -0.116. The van der Waals surface area contributed by atoms with Crippen LogP contribution in [-0.2, 0) is 17.9 Å². The highest BCUT2D eigenvalue weighted by atomic mass is 19.1. The lowest BCUT2D eigenvalue weighted by Crippen LogP contribution is -2.38. The van der Waals surface area contributed by atoms with Crippen molar-refractivity contribution in [1.29, 1.82) is 0 Å². The highest BCUT2D eigenvalue weighted by molar-refractivity contribution is 5.90. The summed E-state index contributed by atoms with van der Waals surface area (Å²) in [5.74, 6) is -0.997. The third kappa shape index (κ3) is 3.86. The van der Waals surface area contributed by atoms with Crippen molar-refractivity contribution in [2.24, 2.45) is 0 Å². The molecule has 30 heavy (non-hydrogen) atoms. The van der Waals surface area contributed by atoms with Gasteiger partial charge in [0, 0.05) is 18.6 Å². The fourth-order valence-corrected chi connectivity index (χ4v) is 3.06. The monoisotopic (exact) mass is 405 g/mol. The van der Waals surface area contributed by atoms with E-state index in [1.165, 1.54) is 29.0 Å². The number of nitrogens with zero attached hydrogens (tertiary/aromatic N) is 4. The van der Waals surface area contributed by atoms with Crippen LogP contribution in [0.25, 0.3) is 11.4 Å². The molecule has 1 aromatic heterocycles. The van der Waals surface area contributed by atoms with Crippen LogP contribution in [0.3, 0.4) is 0 Å². The molecule has 1 amide bonds. The van der Waals surface area contributed by atoms with Crippen LogP contribution in [-0.4, -0.2) is 25.0 Å². The summed E-state index contributed by atoms with van der Waals surface area (Å²) in [4.78, 5) is 45.7. The number of para-hydroxylation sites is 1. The number of anilines is 1. The average Bonchev–Trinajstić information content (AvgIpc) is 2.74. The van der Waals surface area contributed by atoms with E-state index in [1.54, 1.807) is 42.7 Å². The van der Waals surface area contributed by atoms with E-state index >= 15 is 0 Å². The minimum absolute atomic E-state index is 0.0421. The lowest BCUT2D eigenvalue weighted by Gasteiger charge is -2.15. The molecule has 0 fully saturated rings. The second kappa shape index (κ2) is 8.08. The SMILES string of the molecule is O=C(Cn1cccc2c(=O)n(Cc3ccncc3)c(=O)nc1-2)Nc1ccccc1F. The summed E-state index contributed by atoms with van der Waals surface area (Å²) in [6.07, 6.45) is 4.67. The van der Waals surface area contributed by atoms with Crippen molar-refractivity contribution >= 4 is 11.6 Å². The summed E-state index contributed by atoms with van der Waals surface area (Å²) in [5.41, 5.74) is -0.256. The number of aromatic nitrogens is 4. The number of benzene rings is 1. The van der Waals surface area contributed by atoms with Crippen molar-refractivity contribution in [1.82, 2.24) is 19.1 Å². The zero-order valence-electron chi connectivity index (χ0n) is 15.7. The van der Waals surface area contributed by atoms with E-state index in [1.807, 2.05) is 0 Å². The Hall–Kier alpha value is -4.14. The van der Waals surface area contributed by atoms with Gasteiger partial charge in [-0.25, -0.2) is 9.18 Å². The van der Waals surface area contributed by atoms with Crippen molar-refractivity contribution in [3.63, 3.8) is 0 Å². The van der Waals surface area contributed by atoms with Crippen LogP contribution in [0.5, 0.6) is 0 Å². The maximum absolute atomic E-state index is 13.7. The first-order valence-electron chi connectivity index (χ1n) is 9.06. The van der Waals surface area contributed by atoms with Gasteiger partial charge in [-0.3, -0.25) is 19.1 Å². The molecule has 0 saturated heterocycles. The van der Waals surface area contributed by atoms with Crippen LogP contribution < -0.4 is 16.6 Å². The molecule has 0 unspecified atom stereocenters. The van der Waals surface area contributed by atoms with Crippen molar-refractivity contribution in [2.75, 3.05) is 5.32 Å². The average molecular weight is 405 g/mol. The van der Waals surface area contributed by atoms with Crippen molar-refractivity contribution in [3.05, 3.63) is 99.3 Å². The highest BCUT2D eigenvalue weighted by Crippen LogP contribution is 2.15. The Morgan fingerprint density at radius 2 is 1.80 bits per heavy atom. The fraction of sp³-hybridized carbons (Fsp3) is 0.0952. The molecule has 8 nitrogen and oxygen atoms in total. The number of halogens is 1. The molecule has 0 bridgehead atoms. The maximum atomic E-state index is 13.7. The van der Waals surface area contributed by atoms with Crippen LogP contribution in [0.15, 0.2) is 76.7 Å². The molecule has 4 rings (SSSR count). The number of fused-ring (bicyclic) bond motifs is 1. The Bertz CT molecular complexity index is 1300. The number of hydrogen-bond acceptors (Lipinski definition) is 5. The highest BCUT2D eigenvalue weighted by Gasteiger charge is 2.18. The Balaban J connectivity index is 1.66. The van der Waals surface area contributed by atoms with Gasteiger partial charge in [-0.2, -0.15) is 4.98 Å². The number of carbonyl (C=O) groups is 1. The van der Waals surface area contributed by atoms with Gasteiger partial charge in [-0.05, 0) is 42.0 Å². The topological polar surface area (TPSA) is 98.9 Å². The quantitative estimate of drug-likeness (QED) is 0.545. The Morgan fingerprint density at radius 1 is 1.03 bits per heavy atom. The van der Waals surface area contributed by atoms with Crippen LogP contribution >= 0.6 is 0 Å². The Kier molecular flexibility index (Phi) is 5.17. The third-order valence-corrected chi connectivity index (χ3v) is 4.50. The second-order valence-electron chi connectivity index (χ2n) is 6.54. The van der Waals surface area contributed by atoms with Gasteiger partial charge in [-0.1, -0.05) is 12.1 Å². The van der Waals surface area contributed by atoms with Gasteiger partial charge in [0.2, 0.25) is 5.91 Å². The van der Waals surface area contributed by atoms with E-state index in [-0.39, 0.29) is 30.2 Å². The first-order valence-corrected chi connectivity index (χ1v) is 9.06. The number of amides is 1. The van der Waals surface area contributed by atoms with Crippen LogP contribution in [0.1, 0.15) is 5.56 Å². The van der Waals surface area contributed by atoms with E-state index in [0.717, 1.165) is 10.1 Å². The van der Waals surface area contributed by atoms with Gasteiger partial charge >= 0.3 is 5.69 Å². The fourth-order valence-electron chi connectivity index (χ4n) is 3.06. The van der Waals surface area contributed by atoms with Crippen LogP contribution in [0, 0.1) is 5.82 Å². The molecule has 1 aromatic carbocycles. The molecule has 0 spiro atoms. The number of pyridine rings is 2. The molecule has 1 N–H and O–H groups in total. The summed E-state index contributed by atoms with van der Waals surface area (Å²) in [6.45, 7) is -0.183. The van der Waals surface area contributed by atoms with Crippen LogP contribution in [0.2, 0.25) is 0 Å². The number of carbonyl (C=O) groups excluding carboxylic acids is 1. The largest absolute Gasteiger partial charge is 0.352 e. The van der Waals surface area contributed by atoms with Gasteiger partial charge in [0.05, 0.1) is 17.8 Å². The first-order chi connectivity index (χ1) is 14.5. The Morgan fingerprint density at radius 3 is 2.57 bits per heavy atom. The van der Waals surface area contributed by atoms with Gasteiger partial charge in [0.15, 0.2) is 5.82 Å². The second-order valence-corrected chi connectivity index (χ2v) is 6.54. The Labute approximate surface area is 169 Å². The molecule has 0 aliphatic carbocycles. The zero-order valence-corrected chi connectivity index (χ0v) is 15.7. The molecule has 3 heterocycles. The minimum atomic E-state index is -0.723. The first kappa shape index (κ1) is 19.2. The number of hydrogen-bond donors (Lipinski definition) is 1. The van der Waals surface area contributed by atoms with E-state index < -0.39 is 23.0 Å². The molecule has 2 aliphatic rings. The summed E-state index contributed by atoms with van der Waals surface area (Å²) in [5, 5.41) is 2.47. The minimum Gasteiger partial charge on any atom is -0.323 e. The summed E-state index contributed by atoms with van der Waals surface area (Å²) in [7, 11) is 0. The molecular formula is C21H16FN5O3. The molecular weight excluding hydrogens is 389 g/mol. The molecule has 2 aliphatic heterocycles. The van der Waals surface area contributed by atoms with E-state index in [2.05, 4.69) is 15.3 Å². The van der Waals surface area contributed by atoms with Crippen LogP contribution in [0.4, 0.5) is 10.1 Å². The predicted octanol–water partition coefficient (Wildman–Crippen LogP) is 1.73. The third-order valence-electron chi connectivity index (χ3n) is 4.50. The smallest absolute Gasteiger partial charge is 0.323 e. The molecule has 0 atom stereocenters. The van der Waals surface area contributed by atoms with E-state index in [9.17, 15) is 18.8 Å². The summed E-state index contributed by atoms with van der Waals surface area (Å²) < 4.78 is 16.2. The number of rotatable bonds is 5. The molecule has 150 valence electrons.